The van der Waals surface area contributed by atoms with Gasteiger partial charge in [-0.2, -0.15) is 0 Å². The van der Waals surface area contributed by atoms with Crippen LogP contribution in [0.15, 0.2) is 17.7 Å². The molecular formula is C16H20O4. The van der Waals surface area contributed by atoms with Crippen LogP contribution in [0.3, 0.4) is 0 Å². The average molecular weight is 276 g/mol. The number of rotatable bonds is 2. The van der Waals surface area contributed by atoms with Gasteiger partial charge in [0, 0.05) is 11.6 Å². The van der Waals surface area contributed by atoms with Gasteiger partial charge < -0.3 is 14.9 Å². The molecule has 0 amide bonds. The molecule has 0 aliphatic carbocycles. The molecule has 1 aromatic rings. The number of hydrogen-bond donors (Lipinski definition) is 2. The lowest BCUT2D eigenvalue weighted by Gasteiger charge is -2.29. The van der Waals surface area contributed by atoms with Crippen molar-refractivity contribution < 1.29 is 19.7 Å². The van der Waals surface area contributed by atoms with Gasteiger partial charge >= 0.3 is 0 Å². The topological polar surface area (TPSA) is 66.8 Å². The Bertz CT molecular complexity index is 583. The third kappa shape index (κ3) is 2.38. The summed E-state index contributed by atoms with van der Waals surface area (Å²) in [4.78, 5) is 12.3. The van der Waals surface area contributed by atoms with Crippen molar-refractivity contribution in [2.45, 2.75) is 40.2 Å². The van der Waals surface area contributed by atoms with Gasteiger partial charge in [0.2, 0.25) is 0 Å². The van der Waals surface area contributed by atoms with Crippen molar-refractivity contribution >= 4 is 5.78 Å². The van der Waals surface area contributed by atoms with Crippen LogP contribution in [0.4, 0.5) is 0 Å². The van der Waals surface area contributed by atoms with E-state index in [1.807, 2.05) is 19.9 Å². The molecule has 0 saturated carbocycles. The van der Waals surface area contributed by atoms with E-state index in [1.165, 1.54) is 6.07 Å². The standard InChI is InChI=1S/C16H20O4/c1-8(2)5-6-11-12(17)7-13-14(16(11)19)15(18)9(3)10(4)20-13/h5,7,9-10,17,19H,6H2,1-4H3. The van der Waals surface area contributed by atoms with Crippen LogP contribution in [0, 0.1) is 5.92 Å². The SMILES string of the molecule is CC(C)=CCc1c(O)cc2c(c1O)C(=O)C(C)C(C)O2. The van der Waals surface area contributed by atoms with Crippen LogP contribution in [-0.4, -0.2) is 22.1 Å². The summed E-state index contributed by atoms with van der Waals surface area (Å²) in [6.45, 7) is 7.45. The molecule has 108 valence electrons. The van der Waals surface area contributed by atoms with Crippen LogP contribution in [-0.2, 0) is 6.42 Å². The summed E-state index contributed by atoms with van der Waals surface area (Å²) in [5.41, 5.74) is 1.63. The molecule has 1 heterocycles. The minimum Gasteiger partial charge on any atom is -0.507 e. The zero-order chi connectivity index (χ0) is 15.0. The molecule has 20 heavy (non-hydrogen) atoms. The van der Waals surface area contributed by atoms with Gasteiger partial charge in [0.1, 0.15) is 28.9 Å². The molecule has 0 aromatic heterocycles. The third-order valence-corrected chi connectivity index (χ3v) is 3.74. The van der Waals surface area contributed by atoms with E-state index >= 15 is 0 Å². The minimum atomic E-state index is -0.311. The van der Waals surface area contributed by atoms with Gasteiger partial charge in [0.15, 0.2) is 5.78 Å². The van der Waals surface area contributed by atoms with E-state index in [2.05, 4.69) is 0 Å². The van der Waals surface area contributed by atoms with Gasteiger partial charge in [-0.15, -0.1) is 0 Å². The molecule has 1 aromatic carbocycles. The maximum atomic E-state index is 12.3. The Morgan fingerprint density at radius 1 is 1.35 bits per heavy atom. The van der Waals surface area contributed by atoms with Crippen molar-refractivity contribution in [2.24, 2.45) is 5.92 Å². The highest BCUT2D eigenvalue weighted by Crippen LogP contribution is 2.43. The highest BCUT2D eigenvalue weighted by molar-refractivity contribution is 6.04. The maximum absolute atomic E-state index is 12.3. The van der Waals surface area contributed by atoms with Gasteiger partial charge in [-0.05, 0) is 27.2 Å². The number of ketones is 1. The maximum Gasteiger partial charge on any atom is 0.176 e. The smallest absolute Gasteiger partial charge is 0.176 e. The van der Waals surface area contributed by atoms with E-state index in [4.69, 9.17) is 4.74 Å². The van der Waals surface area contributed by atoms with E-state index in [-0.39, 0.29) is 40.6 Å². The molecule has 4 nitrogen and oxygen atoms in total. The average Bonchev–Trinajstić information content (AvgIpc) is 2.35. The molecule has 0 radical (unpaired) electrons. The third-order valence-electron chi connectivity index (χ3n) is 3.74. The number of phenols is 2. The Balaban J connectivity index is 2.55. The molecule has 2 N–H and O–H groups in total. The van der Waals surface area contributed by atoms with Crippen molar-refractivity contribution in [2.75, 3.05) is 0 Å². The number of benzene rings is 1. The second kappa shape index (κ2) is 5.19. The Labute approximate surface area is 118 Å². The summed E-state index contributed by atoms with van der Waals surface area (Å²) in [6, 6.07) is 1.42. The first-order valence-electron chi connectivity index (χ1n) is 6.75. The summed E-state index contributed by atoms with van der Waals surface area (Å²) in [5.74, 6) is -0.407. The van der Waals surface area contributed by atoms with Gasteiger partial charge in [-0.1, -0.05) is 18.6 Å². The molecule has 0 saturated heterocycles. The normalized spacial score (nSPS) is 21.1. The summed E-state index contributed by atoms with van der Waals surface area (Å²) >= 11 is 0. The van der Waals surface area contributed by atoms with Crippen LogP contribution in [0.1, 0.15) is 43.6 Å². The van der Waals surface area contributed by atoms with E-state index in [1.54, 1.807) is 13.8 Å². The Morgan fingerprint density at radius 2 is 2.00 bits per heavy atom. The zero-order valence-corrected chi connectivity index (χ0v) is 12.2. The molecule has 2 atom stereocenters. The number of carbonyl (C=O) groups excluding carboxylic acids is 1. The number of aromatic hydroxyl groups is 2. The predicted molar refractivity (Wildman–Crippen MR) is 76.5 cm³/mol. The van der Waals surface area contributed by atoms with Crippen LogP contribution >= 0.6 is 0 Å². The molecule has 1 aliphatic heterocycles. The molecular weight excluding hydrogens is 256 g/mol. The van der Waals surface area contributed by atoms with Crippen LogP contribution in [0.5, 0.6) is 17.2 Å². The zero-order valence-electron chi connectivity index (χ0n) is 12.2. The van der Waals surface area contributed by atoms with Crippen molar-refractivity contribution in [1.29, 1.82) is 0 Å². The largest absolute Gasteiger partial charge is 0.507 e. The van der Waals surface area contributed by atoms with Gasteiger partial charge in [0.25, 0.3) is 0 Å². The lowest BCUT2D eigenvalue weighted by Crippen LogP contribution is -2.33. The van der Waals surface area contributed by atoms with Crippen molar-refractivity contribution in [3.8, 4) is 17.2 Å². The number of ether oxygens (including phenoxy) is 1. The van der Waals surface area contributed by atoms with Gasteiger partial charge in [-0.25, -0.2) is 0 Å². The highest BCUT2D eigenvalue weighted by Gasteiger charge is 2.35. The Kier molecular flexibility index (Phi) is 3.75. The van der Waals surface area contributed by atoms with Crippen LogP contribution in [0.25, 0.3) is 0 Å². The number of allylic oxidation sites excluding steroid dienone is 2. The first-order chi connectivity index (χ1) is 9.32. The summed E-state index contributed by atoms with van der Waals surface area (Å²) in [7, 11) is 0. The molecule has 2 rings (SSSR count). The number of carbonyl (C=O) groups is 1. The first-order valence-corrected chi connectivity index (χ1v) is 6.75. The Morgan fingerprint density at radius 3 is 2.60 bits per heavy atom. The fraction of sp³-hybridized carbons (Fsp3) is 0.438. The second-order valence-electron chi connectivity index (χ2n) is 5.56. The monoisotopic (exact) mass is 276 g/mol. The van der Waals surface area contributed by atoms with E-state index in [9.17, 15) is 15.0 Å². The number of phenolic OH excluding ortho intramolecular Hbond substituents is 2. The Hall–Kier alpha value is -1.97. The molecule has 4 heteroatoms. The number of fused-ring (bicyclic) bond motifs is 1. The summed E-state index contributed by atoms with van der Waals surface area (Å²) in [6.07, 6.45) is 2.00. The molecule has 0 spiro atoms. The second-order valence-corrected chi connectivity index (χ2v) is 5.56. The van der Waals surface area contributed by atoms with Crippen LogP contribution in [0.2, 0.25) is 0 Å². The van der Waals surface area contributed by atoms with E-state index in [0.29, 0.717) is 12.0 Å². The summed E-state index contributed by atoms with van der Waals surface area (Å²) < 4.78 is 5.60. The summed E-state index contributed by atoms with van der Waals surface area (Å²) in [5, 5.41) is 20.3. The van der Waals surface area contributed by atoms with Crippen molar-refractivity contribution in [3.05, 3.63) is 28.8 Å². The quantitative estimate of drug-likeness (QED) is 0.814. The van der Waals surface area contributed by atoms with Crippen molar-refractivity contribution in [3.63, 3.8) is 0 Å². The number of Topliss-reactive ketones (excluding diaryl/α,β-unsaturated/α-hetero) is 1. The van der Waals surface area contributed by atoms with Gasteiger partial charge in [-0.3, -0.25) is 4.79 Å². The highest BCUT2D eigenvalue weighted by atomic mass is 16.5. The van der Waals surface area contributed by atoms with E-state index < -0.39 is 0 Å². The fourth-order valence-electron chi connectivity index (χ4n) is 2.25. The first kappa shape index (κ1) is 14.4. The number of hydrogen-bond acceptors (Lipinski definition) is 4. The van der Waals surface area contributed by atoms with Gasteiger partial charge in [0.05, 0.1) is 5.92 Å². The van der Waals surface area contributed by atoms with E-state index in [0.717, 1.165) is 5.57 Å². The molecule has 0 fully saturated rings. The molecule has 2 unspecified atom stereocenters. The van der Waals surface area contributed by atoms with Crippen LogP contribution < -0.4 is 4.74 Å². The van der Waals surface area contributed by atoms with Crippen molar-refractivity contribution in [1.82, 2.24) is 0 Å². The lowest BCUT2D eigenvalue weighted by atomic mass is 9.89. The molecule has 0 bridgehead atoms. The lowest BCUT2D eigenvalue weighted by molar-refractivity contribution is 0.0724. The fourth-order valence-corrected chi connectivity index (χ4v) is 2.25. The molecule has 1 aliphatic rings. The predicted octanol–water partition coefficient (Wildman–Crippen LogP) is 3.21. The minimum absolute atomic E-state index is 0.0479.